The van der Waals surface area contributed by atoms with Crippen molar-refractivity contribution in [1.29, 1.82) is 0 Å². The molecule has 2 aliphatic heterocycles. The van der Waals surface area contributed by atoms with Gasteiger partial charge in [0.15, 0.2) is 0 Å². The summed E-state index contributed by atoms with van der Waals surface area (Å²) in [5, 5.41) is 10.9. The quantitative estimate of drug-likeness (QED) is 0.885. The van der Waals surface area contributed by atoms with Gasteiger partial charge in [0.1, 0.15) is 0 Å². The van der Waals surface area contributed by atoms with Gasteiger partial charge in [-0.3, -0.25) is 9.59 Å². The largest absolute Gasteiger partial charge is 0.389 e. The summed E-state index contributed by atoms with van der Waals surface area (Å²) in [6.45, 7) is 1.23. The molecule has 1 aromatic rings. The number of piperidine rings is 1. The lowest BCUT2D eigenvalue weighted by Crippen LogP contribution is -2.55. The summed E-state index contributed by atoms with van der Waals surface area (Å²) in [4.78, 5) is 29.3. The van der Waals surface area contributed by atoms with E-state index in [0.29, 0.717) is 19.5 Å². The van der Waals surface area contributed by atoms with Crippen LogP contribution in [-0.2, 0) is 9.59 Å². The Bertz CT molecular complexity index is 692. The minimum atomic E-state index is -0.587. The van der Waals surface area contributed by atoms with E-state index in [1.165, 1.54) is 0 Å². The Hall–Kier alpha value is -1.88. The van der Waals surface area contributed by atoms with E-state index in [9.17, 15) is 14.7 Å². The molecule has 1 N–H and O–H groups in total. The van der Waals surface area contributed by atoms with E-state index in [4.69, 9.17) is 0 Å². The number of amides is 2. The van der Waals surface area contributed by atoms with Crippen LogP contribution >= 0.6 is 0 Å². The molecule has 4 atom stereocenters. The van der Waals surface area contributed by atoms with Gasteiger partial charge in [-0.1, -0.05) is 43.2 Å². The van der Waals surface area contributed by atoms with Crippen molar-refractivity contribution in [3.8, 4) is 0 Å². The van der Waals surface area contributed by atoms with Crippen LogP contribution in [0.25, 0.3) is 0 Å². The molecule has 2 heterocycles. The summed E-state index contributed by atoms with van der Waals surface area (Å²) in [6.07, 6.45) is 5.00. The Morgan fingerprint density at radius 3 is 2.73 bits per heavy atom. The number of benzene rings is 1. The second-order valence-corrected chi connectivity index (χ2v) is 8.25. The lowest BCUT2D eigenvalue weighted by Gasteiger charge is -2.48. The summed E-state index contributed by atoms with van der Waals surface area (Å²) in [7, 11) is 1.80. The van der Waals surface area contributed by atoms with E-state index in [-0.39, 0.29) is 36.1 Å². The van der Waals surface area contributed by atoms with Crippen molar-refractivity contribution in [3.05, 3.63) is 35.9 Å². The van der Waals surface area contributed by atoms with E-state index >= 15 is 0 Å². The van der Waals surface area contributed by atoms with Gasteiger partial charge in [0, 0.05) is 32.5 Å². The number of fused-ring (bicyclic) bond motifs is 1. The molecule has 1 saturated carbocycles. The van der Waals surface area contributed by atoms with Gasteiger partial charge in [-0.25, -0.2) is 0 Å². The number of hydrogen-bond donors (Lipinski definition) is 1. The SMILES string of the molecule is CN1C(=O)C[C@H](C(=O)N2CC[C@]3(O)CCCC[C@@H]3C2)[C@H]1c1ccccc1. The molecular formula is C21H28N2O3. The zero-order valence-electron chi connectivity index (χ0n) is 15.4. The Balaban J connectivity index is 1.54. The van der Waals surface area contributed by atoms with E-state index in [2.05, 4.69) is 0 Å². The van der Waals surface area contributed by atoms with Crippen LogP contribution in [0.1, 0.15) is 50.1 Å². The van der Waals surface area contributed by atoms with Gasteiger partial charge in [0.25, 0.3) is 0 Å². The summed E-state index contributed by atoms with van der Waals surface area (Å²) < 4.78 is 0. The van der Waals surface area contributed by atoms with Gasteiger partial charge in [-0.05, 0) is 24.8 Å². The van der Waals surface area contributed by atoms with Crippen LogP contribution in [0, 0.1) is 11.8 Å². The predicted molar refractivity (Wildman–Crippen MR) is 98.2 cm³/mol. The van der Waals surface area contributed by atoms with E-state index in [0.717, 1.165) is 31.2 Å². The molecule has 0 radical (unpaired) electrons. The van der Waals surface area contributed by atoms with Gasteiger partial charge in [-0.2, -0.15) is 0 Å². The molecule has 2 amide bonds. The summed E-state index contributed by atoms with van der Waals surface area (Å²) >= 11 is 0. The molecule has 5 heteroatoms. The zero-order chi connectivity index (χ0) is 18.3. The Morgan fingerprint density at radius 1 is 1.19 bits per heavy atom. The third-order valence-electron chi connectivity index (χ3n) is 6.78. The maximum absolute atomic E-state index is 13.3. The Morgan fingerprint density at radius 2 is 1.96 bits per heavy atom. The second-order valence-electron chi connectivity index (χ2n) is 8.25. The van der Waals surface area contributed by atoms with E-state index < -0.39 is 5.60 Å². The number of carbonyl (C=O) groups excluding carboxylic acids is 2. The van der Waals surface area contributed by atoms with Crippen molar-refractivity contribution >= 4 is 11.8 Å². The molecule has 0 spiro atoms. The fraction of sp³-hybridized carbons (Fsp3) is 0.619. The molecule has 3 aliphatic rings. The highest BCUT2D eigenvalue weighted by Crippen LogP contribution is 2.42. The maximum Gasteiger partial charge on any atom is 0.228 e. The molecule has 1 aromatic carbocycles. The number of rotatable bonds is 2. The van der Waals surface area contributed by atoms with Crippen molar-refractivity contribution in [2.24, 2.45) is 11.8 Å². The average molecular weight is 356 g/mol. The first-order valence-electron chi connectivity index (χ1n) is 9.81. The third kappa shape index (κ3) is 2.92. The molecule has 3 fully saturated rings. The smallest absolute Gasteiger partial charge is 0.228 e. The minimum absolute atomic E-state index is 0.0309. The van der Waals surface area contributed by atoms with Gasteiger partial charge < -0.3 is 14.9 Å². The maximum atomic E-state index is 13.3. The zero-order valence-corrected chi connectivity index (χ0v) is 15.4. The van der Waals surface area contributed by atoms with Crippen LogP contribution in [-0.4, -0.2) is 52.5 Å². The van der Waals surface area contributed by atoms with Gasteiger partial charge in [-0.15, -0.1) is 0 Å². The molecule has 4 rings (SSSR count). The Kier molecular flexibility index (Phi) is 4.51. The van der Waals surface area contributed by atoms with Crippen molar-refractivity contribution < 1.29 is 14.7 Å². The molecule has 0 bridgehead atoms. The molecule has 26 heavy (non-hydrogen) atoms. The van der Waals surface area contributed by atoms with Gasteiger partial charge >= 0.3 is 0 Å². The van der Waals surface area contributed by atoms with Crippen molar-refractivity contribution in [3.63, 3.8) is 0 Å². The number of carbonyl (C=O) groups is 2. The molecule has 5 nitrogen and oxygen atoms in total. The first-order valence-corrected chi connectivity index (χ1v) is 9.81. The molecule has 2 saturated heterocycles. The molecule has 0 unspecified atom stereocenters. The van der Waals surface area contributed by atoms with Crippen LogP contribution in [0.5, 0.6) is 0 Å². The van der Waals surface area contributed by atoms with Crippen LogP contribution in [0.3, 0.4) is 0 Å². The molecular weight excluding hydrogens is 328 g/mol. The van der Waals surface area contributed by atoms with Crippen molar-refractivity contribution in [2.45, 2.75) is 50.2 Å². The monoisotopic (exact) mass is 356 g/mol. The van der Waals surface area contributed by atoms with Crippen LogP contribution in [0.15, 0.2) is 30.3 Å². The van der Waals surface area contributed by atoms with E-state index in [1.54, 1.807) is 11.9 Å². The highest BCUT2D eigenvalue weighted by molar-refractivity contribution is 5.90. The topological polar surface area (TPSA) is 60.9 Å². The van der Waals surface area contributed by atoms with Crippen molar-refractivity contribution in [2.75, 3.05) is 20.1 Å². The van der Waals surface area contributed by atoms with E-state index in [1.807, 2.05) is 35.2 Å². The molecule has 0 aromatic heterocycles. The summed E-state index contributed by atoms with van der Waals surface area (Å²) in [5.41, 5.74) is 0.432. The fourth-order valence-corrected chi connectivity index (χ4v) is 5.20. The highest BCUT2D eigenvalue weighted by Gasteiger charge is 2.48. The first kappa shape index (κ1) is 17.5. The lowest BCUT2D eigenvalue weighted by atomic mass is 9.71. The summed E-state index contributed by atoms with van der Waals surface area (Å²) in [5.74, 6) is -0.0452. The van der Waals surface area contributed by atoms with Crippen LogP contribution < -0.4 is 0 Å². The standard InChI is InChI=1S/C21H28N2O3/c1-22-18(24)13-17(19(22)15-7-3-2-4-8-15)20(25)23-12-11-21(26)10-6-5-9-16(21)14-23/h2-4,7-8,16-17,19,26H,5-6,9-14H2,1H3/t16-,17+,19-,21-/m1/s1. The summed E-state index contributed by atoms with van der Waals surface area (Å²) in [6, 6.07) is 9.66. The molecule has 140 valence electrons. The second kappa shape index (κ2) is 6.69. The lowest BCUT2D eigenvalue weighted by molar-refractivity contribution is -0.148. The molecule has 1 aliphatic carbocycles. The number of aliphatic hydroxyl groups is 1. The fourth-order valence-electron chi connectivity index (χ4n) is 5.20. The number of hydrogen-bond acceptors (Lipinski definition) is 3. The first-order chi connectivity index (χ1) is 12.5. The third-order valence-corrected chi connectivity index (χ3v) is 6.78. The van der Waals surface area contributed by atoms with Crippen LogP contribution in [0.4, 0.5) is 0 Å². The van der Waals surface area contributed by atoms with Gasteiger partial charge in [0.2, 0.25) is 11.8 Å². The number of likely N-dealkylation sites (tertiary alicyclic amines) is 2. The highest BCUT2D eigenvalue weighted by atomic mass is 16.3. The predicted octanol–water partition coefficient (Wildman–Crippen LogP) is 2.36. The number of nitrogens with zero attached hydrogens (tertiary/aromatic N) is 2. The van der Waals surface area contributed by atoms with Gasteiger partial charge in [0.05, 0.1) is 17.6 Å². The van der Waals surface area contributed by atoms with Crippen molar-refractivity contribution in [1.82, 2.24) is 9.80 Å². The normalized spacial score (nSPS) is 34.7. The minimum Gasteiger partial charge on any atom is -0.389 e. The Labute approximate surface area is 155 Å². The van der Waals surface area contributed by atoms with Crippen LogP contribution in [0.2, 0.25) is 0 Å². The average Bonchev–Trinajstić information content (AvgIpc) is 2.96.